The van der Waals surface area contributed by atoms with Crippen LogP contribution in [0.5, 0.6) is 11.5 Å². The summed E-state index contributed by atoms with van der Waals surface area (Å²) in [5, 5.41) is 5.18. The molecule has 2 N–H and O–H groups in total. The van der Waals surface area contributed by atoms with Crippen molar-refractivity contribution in [3.63, 3.8) is 0 Å². The van der Waals surface area contributed by atoms with Crippen LogP contribution in [-0.4, -0.2) is 56.9 Å². The third-order valence-corrected chi connectivity index (χ3v) is 5.55. The number of piperidine rings is 1. The maximum atomic E-state index is 12.7. The second kappa shape index (κ2) is 7.19. The van der Waals surface area contributed by atoms with Crippen molar-refractivity contribution in [2.24, 2.45) is 11.1 Å². The number of ether oxygens (including phenoxy) is 2. The quantitative estimate of drug-likeness (QED) is 0.824. The Kier molecular flexibility index (Phi) is 5.16. The van der Waals surface area contributed by atoms with E-state index in [-0.39, 0.29) is 18.4 Å². The van der Waals surface area contributed by atoms with Crippen LogP contribution in [-0.2, 0) is 21.5 Å². The van der Waals surface area contributed by atoms with Crippen molar-refractivity contribution in [1.29, 1.82) is 0 Å². The standard InChI is InChI=1S/C16H23N3O5S/c1-18(10-12-4-5-14-15(9-12)24-8-7-23-14)16(20)13-3-2-6-19(11-13)25(17,21)22/h4-5,9,13H,2-3,6-8,10-11H2,1H3,(H2,17,21,22). The van der Waals surface area contributed by atoms with E-state index in [1.54, 1.807) is 11.9 Å². The molecule has 1 saturated heterocycles. The van der Waals surface area contributed by atoms with Gasteiger partial charge in [0.1, 0.15) is 13.2 Å². The van der Waals surface area contributed by atoms with Gasteiger partial charge in [0, 0.05) is 26.7 Å². The van der Waals surface area contributed by atoms with Crippen molar-refractivity contribution in [1.82, 2.24) is 9.21 Å². The van der Waals surface area contributed by atoms with Crippen molar-refractivity contribution in [3.05, 3.63) is 23.8 Å². The monoisotopic (exact) mass is 369 g/mol. The van der Waals surface area contributed by atoms with Gasteiger partial charge in [-0.3, -0.25) is 4.79 Å². The fourth-order valence-electron chi connectivity index (χ4n) is 3.22. The topological polar surface area (TPSA) is 102 Å². The molecular weight excluding hydrogens is 346 g/mol. The Bertz CT molecular complexity index is 752. The molecule has 9 heteroatoms. The van der Waals surface area contributed by atoms with E-state index < -0.39 is 10.2 Å². The van der Waals surface area contributed by atoms with Gasteiger partial charge in [-0.05, 0) is 30.5 Å². The average Bonchev–Trinajstić information content (AvgIpc) is 2.60. The summed E-state index contributed by atoms with van der Waals surface area (Å²) in [5.74, 6) is 0.945. The molecule has 0 aliphatic carbocycles. The Hall–Kier alpha value is -1.84. The molecule has 0 radical (unpaired) electrons. The van der Waals surface area contributed by atoms with E-state index in [0.29, 0.717) is 50.6 Å². The minimum absolute atomic E-state index is 0.0803. The van der Waals surface area contributed by atoms with Gasteiger partial charge in [-0.1, -0.05) is 6.07 Å². The second-order valence-electron chi connectivity index (χ2n) is 6.41. The molecule has 1 unspecified atom stereocenters. The molecule has 0 aromatic heterocycles. The number of carbonyl (C=O) groups excluding carboxylic acids is 1. The van der Waals surface area contributed by atoms with E-state index in [1.165, 1.54) is 4.31 Å². The van der Waals surface area contributed by atoms with E-state index in [2.05, 4.69) is 0 Å². The fraction of sp³-hybridized carbons (Fsp3) is 0.562. The largest absolute Gasteiger partial charge is 0.486 e. The van der Waals surface area contributed by atoms with Gasteiger partial charge in [0.15, 0.2) is 11.5 Å². The predicted molar refractivity (Wildman–Crippen MR) is 91.3 cm³/mol. The van der Waals surface area contributed by atoms with E-state index in [0.717, 1.165) is 5.56 Å². The first-order valence-electron chi connectivity index (χ1n) is 8.26. The van der Waals surface area contributed by atoms with Gasteiger partial charge in [0.2, 0.25) is 5.91 Å². The molecule has 8 nitrogen and oxygen atoms in total. The summed E-state index contributed by atoms with van der Waals surface area (Å²) in [6.45, 7) is 1.97. The van der Waals surface area contributed by atoms with Crippen LogP contribution < -0.4 is 14.6 Å². The number of fused-ring (bicyclic) bond motifs is 1. The van der Waals surface area contributed by atoms with Crippen LogP contribution in [0.2, 0.25) is 0 Å². The number of benzene rings is 1. The van der Waals surface area contributed by atoms with E-state index in [9.17, 15) is 13.2 Å². The van der Waals surface area contributed by atoms with Gasteiger partial charge in [-0.25, -0.2) is 5.14 Å². The predicted octanol–water partition coefficient (Wildman–Crippen LogP) is 0.332. The van der Waals surface area contributed by atoms with Gasteiger partial charge >= 0.3 is 0 Å². The van der Waals surface area contributed by atoms with Crippen molar-refractivity contribution in [3.8, 4) is 11.5 Å². The summed E-state index contributed by atoms with van der Waals surface area (Å²) in [4.78, 5) is 14.3. The smallest absolute Gasteiger partial charge is 0.276 e. The van der Waals surface area contributed by atoms with E-state index >= 15 is 0 Å². The minimum atomic E-state index is -3.76. The van der Waals surface area contributed by atoms with Crippen molar-refractivity contribution in [2.45, 2.75) is 19.4 Å². The fourth-order valence-corrected chi connectivity index (χ4v) is 4.00. The van der Waals surface area contributed by atoms with Crippen molar-refractivity contribution >= 4 is 16.1 Å². The van der Waals surface area contributed by atoms with Gasteiger partial charge in [-0.2, -0.15) is 12.7 Å². The third-order valence-electron chi connectivity index (χ3n) is 4.50. The summed E-state index contributed by atoms with van der Waals surface area (Å²) in [6.07, 6.45) is 1.29. The first kappa shape index (κ1) is 18.0. The number of carbonyl (C=O) groups is 1. The number of rotatable bonds is 4. The molecule has 1 amide bonds. The first-order valence-corrected chi connectivity index (χ1v) is 9.76. The summed E-state index contributed by atoms with van der Waals surface area (Å²) in [6, 6.07) is 5.61. The molecule has 2 aliphatic heterocycles. The number of amides is 1. The molecular formula is C16H23N3O5S. The molecule has 25 heavy (non-hydrogen) atoms. The van der Waals surface area contributed by atoms with Crippen LogP contribution >= 0.6 is 0 Å². The van der Waals surface area contributed by atoms with Crippen molar-refractivity contribution in [2.75, 3.05) is 33.4 Å². The normalized spacial score (nSPS) is 21.0. The Balaban J connectivity index is 1.64. The number of hydrogen-bond acceptors (Lipinski definition) is 5. The second-order valence-corrected chi connectivity index (χ2v) is 7.96. The highest BCUT2D eigenvalue weighted by Crippen LogP contribution is 2.31. The van der Waals surface area contributed by atoms with Crippen LogP contribution in [0, 0.1) is 5.92 Å². The summed E-state index contributed by atoms with van der Waals surface area (Å²) in [5.41, 5.74) is 0.930. The minimum Gasteiger partial charge on any atom is -0.486 e. The molecule has 0 bridgehead atoms. The van der Waals surface area contributed by atoms with Crippen molar-refractivity contribution < 1.29 is 22.7 Å². The lowest BCUT2D eigenvalue weighted by atomic mass is 9.98. The van der Waals surface area contributed by atoms with Gasteiger partial charge in [0.05, 0.1) is 5.92 Å². The zero-order valence-electron chi connectivity index (χ0n) is 14.2. The van der Waals surface area contributed by atoms with Gasteiger partial charge in [-0.15, -0.1) is 0 Å². The molecule has 1 aromatic carbocycles. The maximum absolute atomic E-state index is 12.7. The average molecular weight is 369 g/mol. The molecule has 1 atom stereocenters. The van der Waals surface area contributed by atoms with Crippen LogP contribution in [0.3, 0.4) is 0 Å². The highest BCUT2D eigenvalue weighted by molar-refractivity contribution is 7.86. The highest BCUT2D eigenvalue weighted by atomic mass is 32.2. The highest BCUT2D eigenvalue weighted by Gasteiger charge is 2.32. The molecule has 2 aliphatic rings. The molecule has 0 saturated carbocycles. The van der Waals surface area contributed by atoms with Crippen LogP contribution in [0.4, 0.5) is 0 Å². The van der Waals surface area contributed by atoms with Crippen LogP contribution in [0.15, 0.2) is 18.2 Å². The molecule has 1 aromatic rings. The summed E-state index contributed by atoms with van der Waals surface area (Å²) in [7, 11) is -2.04. The molecule has 138 valence electrons. The first-order chi connectivity index (χ1) is 11.8. The molecule has 0 spiro atoms. The molecule has 2 heterocycles. The van der Waals surface area contributed by atoms with E-state index in [4.69, 9.17) is 14.6 Å². The summed E-state index contributed by atoms with van der Waals surface area (Å²) < 4.78 is 35.2. The maximum Gasteiger partial charge on any atom is 0.276 e. The van der Waals surface area contributed by atoms with Gasteiger partial charge < -0.3 is 14.4 Å². The number of nitrogens with zero attached hydrogens (tertiary/aromatic N) is 2. The molecule has 1 fully saturated rings. The third kappa shape index (κ3) is 4.23. The SMILES string of the molecule is CN(Cc1ccc2c(c1)OCCO2)C(=O)C1CCCN(S(N)(=O)=O)C1. The van der Waals surface area contributed by atoms with Gasteiger partial charge in [0.25, 0.3) is 10.2 Å². The Morgan fingerprint density at radius 1 is 1.32 bits per heavy atom. The zero-order valence-corrected chi connectivity index (χ0v) is 15.0. The van der Waals surface area contributed by atoms with Crippen LogP contribution in [0.25, 0.3) is 0 Å². The lowest BCUT2D eigenvalue weighted by molar-refractivity contribution is -0.135. The Morgan fingerprint density at radius 3 is 2.76 bits per heavy atom. The van der Waals surface area contributed by atoms with Crippen LogP contribution in [0.1, 0.15) is 18.4 Å². The lowest BCUT2D eigenvalue weighted by Crippen LogP contribution is -2.47. The lowest BCUT2D eigenvalue weighted by Gasteiger charge is -2.32. The summed E-state index contributed by atoms with van der Waals surface area (Å²) >= 11 is 0. The van der Waals surface area contributed by atoms with E-state index in [1.807, 2.05) is 18.2 Å². The molecule has 3 rings (SSSR count). The Labute approximate surface area is 147 Å². The zero-order chi connectivity index (χ0) is 18.0. The number of hydrogen-bond donors (Lipinski definition) is 1. The Morgan fingerprint density at radius 2 is 2.04 bits per heavy atom. The number of nitrogens with two attached hydrogens (primary N) is 1.